The molecule has 20 heavy (non-hydrogen) atoms. The van der Waals surface area contributed by atoms with Crippen LogP contribution < -0.4 is 0 Å². The van der Waals surface area contributed by atoms with Crippen LogP contribution >= 0.6 is 0 Å². The minimum Gasteiger partial charge on any atom is -0.379 e. The number of rotatable bonds is 12. The Morgan fingerprint density at radius 1 is 0.600 bits per heavy atom. The zero-order valence-electron chi connectivity index (χ0n) is 14.6. The van der Waals surface area contributed by atoms with Crippen molar-refractivity contribution in [2.45, 2.75) is 60.8 Å². The van der Waals surface area contributed by atoms with E-state index < -0.39 is 0 Å². The first-order valence-electron chi connectivity index (χ1n) is 8.00. The quantitative estimate of drug-likeness (QED) is 0.501. The average molecular weight is 288 g/mol. The van der Waals surface area contributed by atoms with Crippen molar-refractivity contribution in [2.24, 2.45) is 10.8 Å². The van der Waals surface area contributed by atoms with Crippen molar-refractivity contribution >= 4 is 0 Å². The van der Waals surface area contributed by atoms with E-state index in [0.29, 0.717) is 37.3 Å². The van der Waals surface area contributed by atoms with Crippen LogP contribution in [0.2, 0.25) is 0 Å². The molecule has 0 N–H and O–H groups in total. The molecular formula is C17H36O3. The first kappa shape index (κ1) is 19.9. The van der Waals surface area contributed by atoms with E-state index in [4.69, 9.17) is 14.2 Å². The Kier molecular flexibility index (Phi) is 10.5. The molecule has 0 aliphatic carbocycles. The summed E-state index contributed by atoms with van der Waals surface area (Å²) in [5, 5.41) is 0. The van der Waals surface area contributed by atoms with Crippen molar-refractivity contribution < 1.29 is 14.2 Å². The Labute approximate surface area is 126 Å². The van der Waals surface area contributed by atoms with Gasteiger partial charge in [0.15, 0.2) is 0 Å². The molecule has 0 radical (unpaired) electrons. The topological polar surface area (TPSA) is 27.7 Å². The zero-order chi connectivity index (χ0) is 15.5. The summed E-state index contributed by atoms with van der Waals surface area (Å²) in [7, 11) is 0. The van der Waals surface area contributed by atoms with E-state index in [9.17, 15) is 0 Å². The summed E-state index contributed by atoms with van der Waals surface area (Å²) < 4.78 is 16.6. The summed E-state index contributed by atoms with van der Waals surface area (Å²) in [5.74, 6) is 0. The van der Waals surface area contributed by atoms with Gasteiger partial charge < -0.3 is 14.2 Å². The normalized spacial score (nSPS) is 12.9. The lowest BCUT2D eigenvalue weighted by molar-refractivity contribution is 0.00607. The highest BCUT2D eigenvalue weighted by Gasteiger charge is 2.14. The van der Waals surface area contributed by atoms with Gasteiger partial charge in [0, 0.05) is 13.2 Å². The molecule has 0 spiro atoms. The third kappa shape index (κ3) is 14.3. The molecule has 3 nitrogen and oxygen atoms in total. The lowest BCUT2D eigenvalue weighted by Crippen LogP contribution is -2.15. The summed E-state index contributed by atoms with van der Waals surface area (Å²) in [6.45, 7) is 17.8. The van der Waals surface area contributed by atoms with Crippen LogP contribution in [0.15, 0.2) is 0 Å². The highest BCUT2D eigenvalue weighted by molar-refractivity contribution is 4.65. The van der Waals surface area contributed by atoms with Crippen LogP contribution in [0.3, 0.4) is 0 Å². The van der Waals surface area contributed by atoms with Crippen LogP contribution in [0.25, 0.3) is 0 Å². The highest BCUT2D eigenvalue weighted by atomic mass is 16.5. The van der Waals surface area contributed by atoms with Gasteiger partial charge in [0.1, 0.15) is 0 Å². The summed E-state index contributed by atoms with van der Waals surface area (Å²) in [4.78, 5) is 0. The van der Waals surface area contributed by atoms with Crippen LogP contribution in [0.5, 0.6) is 0 Å². The molecule has 0 heterocycles. The Bertz CT molecular complexity index is 219. The fourth-order valence-corrected chi connectivity index (χ4v) is 1.45. The van der Waals surface area contributed by atoms with Gasteiger partial charge in [-0.15, -0.1) is 0 Å². The molecule has 0 unspecified atom stereocenters. The summed E-state index contributed by atoms with van der Waals surface area (Å²) >= 11 is 0. The molecule has 0 aliphatic heterocycles. The van der Waals surface area contributed by atoms with Crippen molar-refractivity contribution in [1.82, 2.24) is 0 Å². The smallest absolute Gasteiger partial charge is 0.0701 e. The molecule has 0 bridgehead atoms. The molecule has 0 aromatic rings. The van der Waals surface area contributed by atoms with Crippen LogP contribution in [0.4, 0.5) is 0 Å². The van der Waals surface area contributed by atoms with E-state index >= 15 is 0 Å². The second-order valence-corrected chi connectivity index (χ2v) is 7.42. The SMILES string of the molecule is CCC(C)(C)CCOCCOCCOCCC(C)(C)C. The molecule has 0 aliphatic rings. The zero-order valence-corrected chi connectivity index (χ0v) is 14.6. The molecule has 0 aromatic heterocycles. The van der Waals surface area contributed by atoms with Crippen LogP contribution in [-0.2, 0) is 14.2 Å². The number of hydrogen-bond donors (Lipinski definition) is 0. The van der Waals surface area contributed by atoms with Gasteiger partial charge in [0.25, 0.3) is 0 Å². The van der Waals surface area contributed by atoms with Gasteiger partial charge in [-0.2, -0.15) is 0 Å². The monoisotopic (exact) mass is 288 g/mol. The predicted octanol–water partition coefficient (Wildman–Crippen LogP) is 4.30. The molecule has 0 saturated heterocycles. The Morgan fingerprint density at radius 3 is 1.40 bits per heavy atom. The Balaban J connectivity index is 3.18. The van der Waals surface area contributed by atoms with E-state index in [1.165, 1.54) is 6.42 Å². The maximum absolute atomic E-state index is 5.58. The van der Waals surface area contributed by atoms with Gasteiger partial charge in [0.2, 0.25) is 0 Å². The van der Waals surface area contributed by atoms with Crippen LogP contribution in [-0.4, -0.2) is 39.6 Å². The second-order valence-electron chi connectivity index (χ2n) is 7.42. The van der Waals surface area contributed by atoms with E-state index in [-0.39, 0.29) is 0 Å². The molecular weight excluding hydrogens is 252 g/mol. The lowest BCUT2D eigenvalue weighted by Gasteiger charge is -2.22. The standard InChI is InChI=1S/C17H36O3/c1-7-17(5,6)9-11-19-13-15-20-14-12-18-10-8-16(2,3)4/h7-15H2,1-6H3. The van der Waals surface area contributed by atoms with Crippen LogP contribution in [0.1, 0.15) is 60.8 Å². The van der Waals surface area contributed by atoms with Gasteiger partial charge in [-0.25, -0.2) is 0 Å². The first-order chi connectivity index (χ1) is 9.27. The van der Waals surface area contributed by atoms with Gasteiger partial charge in [-0.3, -0.25) is 0 Å². The minimum absolute atomic E-state index is 0.348. The lowest BCUT2D eigenvalue weighted by atomic mass is 9.87. The molecule has 0 atom stereocenters. The first-order valence-corrected chi connectivity index (χ1v) is 8.00. The second kappa shape index (κ2) is 10.6. The maximum atomic E-state index is 5.58. The van der Waals surface area contributed by atoms with E-state index in [2.05, 4.69) is 41.5 Å². The van der Waals surface area contributed by atoms with Crippen molar-refractivity contribution in [2.75, 3.05) is 39.6 Å². The Hall–Kier alpha value is -0.120. The van der Waals surface area contributed by atoms with Gasteiger partial charge in [-0.05, 0) is 23.7 Å². The summed E-state index contributed by atoms with van der Waals surface area (Å²) in [6, 6.07) is 0. The summed E-state index contributed by atoms with van der Waals surface area (Å²) in [6.07, 6.45) is 3.39. The van der Waals surface area contributed by atoms with E-state index in [0.717, 1.165) is 26.1 Å². The molecule has 122 valence electrons. The van der Waals surface area contributed by atoms with E-state index in [1.54, 1.807) is 0 Å². The third-order valence-electron chi connectivity index (χ3n) is 3.62. The maximum Gasteiger partial charge on any atom is 0.0701 e. The molecule has 3 heteroatoms. The van der Waals surface area contributed by atoms with Crippen molar-refractivity contribution in [3.8, 4) is 0 Å². The van der Waals surface area contributed by atoms with Crippen molar-refractivity contribution in [3.05, 3.63) is 0 Å². The van der Waals surface area contributed by atoms with E-state index in [1.807, 2.05) is 0 Å². The largest absolute Gasteiger partial charge is 0.379 e. The number of ether oxygens (including phenoxy) is 3. The molecule has 0 fully saturated rings. The summed E-state index contributed by atoms with van der Waals surface area (Å²) in [5.41, 5.74) is 0.739. The Morgan fingerprint density at radius 2 is 1.00 bits per heavy atom. The minimum atomic E-state index is 0.348. The third-order valence-corrected chi connectivity index (χ3v) is 3.62. The van der Waals surface area contributed by atoms with Crippen molar-refractivity contribution in [1.29, 1.82) is 0 Å². The fourth-order valence-electron chi connectivity index (χ4n) is 1.45. The van der Waals surface area contributed by atoms with Gasteiger partial charge in [0.05, 0.1) is 26.4 Å². The average Bonchev–Trinajstić information content (AvgIpc) is 2.34. The molecule has 0 aromatic carbocycles. The van der Waals surface area contributed by atoms with Crippen molar-refractivity contribution in [3.63, 3.8) is 0 Å². The van der Waals surface area contributed by atoms with Crippen LogP contribution in [0, 0.1) is 10.8 Å². The number of hydrogen-bond acceptors (Lipinski definition) is 3. The van der Waals surface area contributed by atoms with Gasteiger partial charge in [-0.1, -0.05) is 48.0 Å². The predicted molar refractivity (Wildman–Crippen MR) is 85.2 cm³/mol. The molecule has 0 saturated carbocycles. The molecule has 0 rings (SSSR count). The van der Waals surface area contributed by atoms with Gasteiger partial charge >= 0.3 is 0 Å². The molecule has 0 amide bonds. The fraction of sp³-hybridized carbons (Fsp3) is 1.00. The highest BCUT2D eigenvalue weighted by Crippen LogP contribution is 2.23.